The zero-order valence-corrected chi connectivity index (χ0v) is 13.8. The largest absolute Gasteiger partial charge is 0.207 e. The van der Waals surface area contributed by atoms with Gasteiger partial charge in [0.05, 0.1) is 4.83 Å². The van der Waals surface area contributed by atoms with Gasteiger partial charge >= 0.3 is 0 Å². The summed E-state index contributed by atoms with van der Waals surface area (Å²) in [5, 5.41) is 0. The Balaban J connectivity index is 2.31. The molecule has 0 radical (unpaired) electrons. The van der Waals surface area contributed by atoms with Crippen LogP contribution in [0.15, 0.2) is 46.9 Å². The van der Waals surface area contributed by atoms with Gasteiger partial charge in [-0.3, -0.25) is 0 Å². The van der Waals surface area contributed by atoms with Crippen LogP contribution < -0.4 is 0 Å². The Morgan fingerprint density at radius 2 is 1.79 bits per heavy atom. The molecule has 0 N–H and O–H groups in total. The van der Waals surface area contributed by atoms with E-state index in [0.29, 0.717) is 5.56 Å². The highest BCUT2D eigenvalue weighted by atomic mass is 79.9. The Kier molecular flexibility index (Phi) is 5.17. The summed E-state index contributed by atoms with van der Waals surface area (Å²) in [6.45, 7) is 2.16. The molecule has 0 aromatic heterocycles. The van der Waals surface area contributed by atoms with E-state index >= 15 is 0 Å². The van der Waals surface area contributed by atoms with Crippen molar-refractivity contribution in [2.24, 2.45) is 0 Å². The van der Waals surface area contributed by atoms with E-state index < -0.39 is 0 Å². The topological polar surface area (TPSA) is 0 Å². The third-order valence-electron chi connectivity index (χ3n) is 3.06. The second kappa shape index (κ2) is 6.67. The van der Waals surface area contributed by atoms with Gasteiger partial charge in [-0.1, -0.05) is 75.5 Å². The van der Waals surface area contributed by atoms with Crippen molar-refractivity contribution in [2.75, 3.05) is 0 Å². The number of hydrogen-bond donors (Lipinski definition) is 0. The first-order valence-electron chi connectivity index (χ1n) is 6.30. The summed E-state index contributed by atoms with van der Waals surface area (Å²) >= 11 is 7.00. The summed E-state index contributed by atoms with van der Waals surface area (Å²) in [6, 6.07) is 13.4. The average Bonchev–Trinajstić information content (AvgIpc) is 2.39. The van der Waals surface area contributed by atoms with Crippen LogP contribution in [0.25, 0.3) is 0 Å². The molecule has 0 spiro atoms. The normalized spacial score (nSPS) is 12.4. The SMILES string of the molecule is CCCc1ccc(C(Br)c2c(F)cccc2Br)cc1. The van der Waals surface area contributed by atoms with Crippen molar-refractivity contribution in [2.45, 2.75) is 24.6 Å². The van der Waals surface area contributed by atoms with Crippen LogP contribution in [0.4, 0.5) is 4.39 Å². The van der Waals surface area contributed by atoms with Crippen molar-refractivity contribution < 1.29 is 4.39 Å². The van der Waals surface area contributed by atoms with Crippen LogP contribution in [0.2, 0.25) is 0 Å². The summed E-state index contributed by atoms with van der Waals surface area (Å²) in [4.78, 5) is -0.140. The molecule has 2 aromatic rings. The second-order valence-electron chi connectivity index (χ2n) is 4.49. The van der Waals surface area contributed by atoms with Crippen molar-refractivity contribution in [3.8, 4) is 0 Å². The maximum Gasteiger partial charge on any atom is 0.129 e. The van der Waals surface area contributed by atoms with Crippen molar-refractivity contribution in [3.05, 3.63) is 69.4 Å². The van der Waals surface area contributed by atoms with Crippen LogP contribution in [-0.4, -0.2) is 0 Å². The molecule has 0 aliphatic rings. The van der Waals surface area contributed by atoms with E-state index in [0.717, 1.165) is 22.9 Å². The summed E-state index contributed by atoms with van der Waals surface area (Å²) in [5.41, 5.74) is 3.02. The lowest BCUT2D eigenvalue weighted by atomic mass is 10.0. The van der Waals surface area contributed by atoms with Crippen LogP contribution in [0, 0.1) is 5.82 Å². The molecule has 1 unspecified atom stereocenters. The van der Waals surface area contributed by atoms with Gasteiger partial charge in [-0.15, -0.1) is 0 Å². The summed E-state index contributed by atoms with van der Waals surface area (Å²) in [7, 11) is 0. The molecule has 0 amide bonds. The first-order chi connectivity index (χ1) is 9.13. The fourth-order valence-corrected chi connectivity index (χ4v) is 3.71. The molecule has 0 heterocycles. The van der Waals surface area contributed by atoms with Gasteiger partial charge in [-0.25, -0.2) is 4.39 Å². The van der Waals surface area contributed by atoms with Crippen LogP contribution in [0.5, 0.6) is 0 Å². The molecule has 0 aliphatic carbocycles. The molecule has 0 saturated carbocycles. The van der Waals surface area contributed by atoms with Crippen LogP contribution in [0.1, 0.15) is 34.9 Å². The second-order valence-corrected chi connectivity index (χ2v) is 6.26. The average molecular weight is 386 g/mol. The van der Waals surface area contributed by atoms with E-state index in [4.69, 9.17) is 0 Å². The Bertz CT molecular complexity index is 529. The van der Waals surface area contributed by atoms with Crippen LogP contribution in [0.3, 0.4) is 0 Å². The van der Waals surface area contributed by atoms with Gasteiger partial charge in [0.25, 0.3) is 0 Å². The van der Waals surface area contributed by atoms with E-state index in [2.05, 4.69) is 63.0 Å². The Morgan fingerprint density at radius 1 is 1.11 bits per heavy atom. The van der Waals surface area contributed by atoms with Crippen molar-refractivity contribution >= 4 is 31.9 Å². The van der Waals surface area contributed by atoms with Gasteiger partial charge in [0, 0.05) is 10.0 Å². The molecular weight excluding hydrogens is 371 g/mol. The number of rotatable bonds is 4. The fourth-order valence-electron chi connectivity index (χ4n) is 2.06. The smallest absolute Gasteiger partial charge is 0.129 e. The fraction of sp³-hybridized carbons (Fsp3) is 0.250. The highest BCUT2D eigenvalue weighted by molar-refractivity contribution is 9.11. The Hall–Kier alpha value is -0.670. The number of halogens is 3. The molecule has 2 aromatic carbocycles. The minimum Gasteiger partial charge on any atom is -0.207 e. The molecule has 0 aliphatic heterocycles. The minimum atomic E-state index is -0.200. The van der Waals surface area contributed by atoms with E-state index in [9.17, 15) is 4.39 Å². The third kappa shape index (κ3) is 3.46. The third-order valence-corrected chi connectivity index (χ3v) is 4.74. The highest BCUT2D eigenvalue weighted by Gasteiger charge is 2.17. The summed E-state index contributed by atoms with van der Waals surface area (Å²) < 4.78 is 14.7. The quantitative estimate of drug-likeness (QED) is 0.564. The molecule has 0 nitrogen and oxygen atoms in total. The van der Waals surface area contributed by atoms with Crippen molar-refractivity contribution in [3.63, 3.8) is 0 Å². The first-order valence-corrected chi connectivity index (χ1v) is 8.01. The lowest BCUT2D eigenvalue weighted by Crippen LogP contribution is -1.98. The number of benzene rings is 2. The maximum absolute atomic E-state index is 13.9. The first kappa shape index (κ1) is 14.7. The molecule has 0 saturated heterocycles. The van der Waals surface area contributed by atoms with Gasteiger partial charge in [-0.2, -0.15) is 0 Å². The van der Waals surface area contributed by atoms with E-state index in [-0.39, 0.29) is 10.6 Å². The lowest BCUT2D eigenvalue weighted by molar-refractivity contribution is 0.612. The van der Waals surface area contributed by atoms with E-state index in [1.165, 1.54) is 11.6 Å². The van der Waals surface area contributed by atoms with Crippen LogP contribution >= 0.6 is 31.9 Å². The lowest BCUT2D eigenvalue weighted by Gasteiger charge is -2.14. The van der Waals surface area contributed by atoms with E-state index in [1.54, 1.807) is 6.07 Å². The van der Waals surface area contributed by atoms with Gasteiger partial charge in [0.2, 0.25) is 0 Å². The summed E-state index contributed by atoms with van der Waals surface area (Å²) in [5.74, 6) is -0.200. The van der Waals surface area contributed by atoms with Crippen LogP contribution in [-0.2, 0) is 6.42 Å². The number of alkyl halides is 1. The molecule has 0 bridgehead atoms. The highest BCUT2D eigenvalue weighted by Crippen LogP contribution is 2.37. The van der Waals surface area contributed by atoms with Gasteiger partial charge in [-0.05, 0) is 29.7 Å². The van der Waals surface area contributed by atoms with Gasteiger partial charge in [0.15, 0.2) is 0 Å². The zero-order chi connectivity index (χ0) is 13.8. The van der Waals surface area contributed by atoms with Crippen molar-refractivity contribution in [1.82, 2.24) is 0 Å². The monoisotopic (exact) mass is 384 g/mol. The minimum absolute atomic E-state index is 0.140. The van der Waals surface area contributed by atoms with Crippen molar-refractivity contribution in [1.29, 1.82) is 0 Å². The van der Waals surface area contributed by atoms with Gasteiger partial charge in [0.1, 0.15) is 5.82 Å². The summed E-state index contributed by atoms with van der Waals surface area (Å²) in [6.07, 6.45) is 2.21. The zero-order valence-electron chi connectivity index (χ0n) is 10.7. The predicted molar refractivity (Wildman–Crippen MR) is 85.3 cm³/mol. The number of aryl methyl sites for hydroxylation is 1. The molecule has 0 fully saturated rings. The molecule has 100 valence electrons. The number of hydrogen-bond acceptors (Lipinski definition) is 0. The van der Waals surface area contributed by atoms with Gasteiger partial charge < -0.3 is 0 Å². The predicted octanol–water partition coefficient (Wildman–Crippen LogP) is 6.03. The molecule has 3 heteroatoms. The maximum atomic E-state index is 13.9. The molecular formula is C16H15Br2F. The standard InChI is InChI=1S/C16H15Br2F/c1-2-4-11-7-9-12(10-8-11)16(18)15-13(17)5-3-6-14(15)19/h3,5-10,16H,2,4H2,1H3. The van der Waals surface area contributed by atoms with E-state index in [1.807, 2.05) is 6.07 Å². The molecule has 1 atom stereocenters. The molecule has 2 rings (SSSR count). The Labute approximate surface area is 130 Å². The molecule has 19 heavy (non-hydrogen) atoms. The Morgan fingerprint density at radius 3 is 2.37 bits per heavy atom.